The van der Waals surface area contributed by atoms with Gasteiger partial charge in [-0.05, 0) is 36.4 Å². The van der Waals surface area contributed by atoms with E-state index in [-0.39, 0.29) is 13.2 Å². The molecule has 0 saturated heterocycles. The van der Waals surface area contributed by atoms with Crippen LogP contribution < -0.4 is 4.74 Å². The maximum absolute atomic E-state index is 9.36. The minimum Gasteiger partial charge on any atom is -0.491 e. The number of hydrogen-bond donors (Lipinski definition) is 2. The molecule has 0 aliphatic heterocycles. The van der Waals surface area contributed by atoms with Gasteiger partial charge >= 0.3 is 0 Å². The van der Waals surface area contributed by atoms with E-state index in [9.17, 15) is 5.11 Å². The minimum absolute atomic E-state index is 0.0409. The van der Waals surface area contributed by atoms with Crippen LogP contribution in [0.2, 0.25) is 0 Å². The molecule has 0 spiro atoms. The summed E-state index contributed by atoms with van der Waals surface area (Å²) in [6.07, 6.45) is 1.01. The van der Waals surface area contributed by atoms with Gasteiger partial charge in [-0.15, -0.1) is 10.2 Å². The molecule has 1 unspecified atom stereocenters. The summed E-state index contributed by atoms with van der Waals surface area (Å²) in [6, 6.07) is 15.0. The molecule has 4 rings (SSSR count). The van der Waals surface area contributed by atoms with Crippen molar-refractivity contribution in [2.75, 3.05) is 13.2 Å². The first-order valence-electron chi connectivity index (χ1n) is 7.87. The van der Waals surface area contributed by atoms with Gasteiger partial charge in [0.25, 0.3) is 0 Å². The van der Waals surface area contributed by atoms with E-state index < -0.39 is 6.10 Å². The van der Waals surface area contributed by atoms with E-state index in [1.165, 1.54) is 0 Å². The molecule has 0 aliphatic carbocycles. The lowest BCUT2D eigenvalue weighted by Crippen LogP contribution is -2.21. The molecule has 0 fully saturated rings. The van der Waals surface area contributed by atoms with Crippen LogP contribution in [0.25, 0.3) is 28.1 Å². The fourth-order valence-corrected chi connectivity index (χ4v) is 2.58. The largest absolute Gasteiger partial charge is 0.491 e. The van der Waals surface area contributed by atoms with Crippen LogP contribution in [0.1, 0.15) is 0 Å². The second-order valence-electron chi connectivity index (χ2n) is 5.65. The van der Waals surface area contributed by atoms with Crippen LogP contribution in [-0.4, -0.2) is 49.1 Å². The highest BCUT2D eigenvalue weighted by molar-refractivity contribution is 5.82. The third kappa shape index (κ3) is 3.02. The Morgan fingerprint density at radius 2 is 2.00 bits per heavy atom. The lowest BCUT2D eigenvalue weighted by Gasteiger charge is -2.10. The molecule has 7 nitrogen and oxygen atoms in total. The van der Waals surface area contributed by atoms with E-state index in [0.717, 1.165) is 22.2 Å². The minimum atomic E-state index is -0.891. The second kappa shape index (κ2) is 6.46. The Hall–Kier alpha value is -3.03. The molecule has 126 valence electrons. The average molecular weight is 336 g/mol. The molecule has 1 atom stereocenters. The molecule has 0 aliphatic rings. The van der Waals surface area contributed by atoms with Crippen LogP contribution in [0.15, 0.2) is 54.7 Å². The summed E-state index contributed by atoms with van der Waals surface area (Å²) in [5.74, 6) is 1.30. The summed E-state index contributed by atoms with van der Waals surface area (Å²) in [5.41, 5.74) is 2.31. The molecule has 0 bridgehead atoms. The predicted octanol–water partition coefficient (Wildman–Crippen LogP) is 1.68. The van der Waals surface area contributed by atoms with Crippen LogP contribution in [0.3, 0.4) is 0 Å². The molecule has 0 saturated carbocycles. The number of rotatable bonds is 5. The monoisotopic (exact) mass is 336 g/mol. The molecular formula is C18H16N4O3. The number of aliphatic hydroxyl groups is 2. The molecule has 3 aromatic heterocycles. The van der Waals surface area contributed by atoms with E-state index in [4.69, 9.17) is 9.84 Å². The summed E-state index contributed by atoms with van der Waals surface area (Å²) < 4.78 is 7.35. The predicted molar refractivity (Wildman–Crippen MR) is 92.3 cm³/mol. The van der Waals surface area contributed by atoms with Crippen molar-refractivity contribution in [1.82, 2.24) is 19.6 Å². The van der Waals surface area contributed by atoms with Gasteiger partial charge in [0, 0.05) is 11.6 Å². The summed E-state index contributed by atoms with van der Waals surface area (Å²) in [5, 5.41) is 27.5. The van der Waals surface area contributed by atoms with Crippen LogP contribution in [-0.2, 0) is 0 Å². The quantitative estimate of drug-likeness (QED) is 0.576. The SMILES string of the molecule is OCC(O)COc1ccc2nc(-c3nnc4ccccn34)ccc2c1. The van der Waals surface area contributed by atoms with Gasteiger partial charge in [-0.25, -0.2) is 4.98 Å². The first-order chi connectivity index (χ1) is 12.2. The number of aliphatic hydroxyl groups excluding tert-OH is 2. The molecule has 1 aromatic carbocycles. The van der Waals surface area contributed by atoms with Gasteiger partial charge in [0.05, 0.1) is 12.1 Å². The summed E-state index contributed by atoms with van der Waals surface area (Å²) in [6.45, 7) is -0.288. The Kier molecular flexibility index (Phi) is 4.01. The van der Waals surface area contributed by atoms with E-state index in [1.807, 2.05) is 53.1 Å². The molecule has 7 heteroatoms. The summed E-state index contributed by atoms with van der Waals surface area (Å²) >= 11 is 0. The van der Waals surface area contributed by atoms with Crippen LogP contribution in [0, 0.1) is 0 Å². The van der Waals surface area contributed by atoms with Crippen molar-refractivity contribution < 1.29 is 14.9 Å². The second-order valence-corrected chi connectivity index (χ2v) is 5.65. The Morgan fingerprint density at radius 3 is 2.88 bits per heavy atom. The third-order valence-electron chi connectivity index (χ3n) is 3.86. The zero-order valence-electron chi connectivity index (χ0n) is 13.3. The number of ether oxygens (including phenoxy) is 1. The molecule has 4 aromatic rings. The molecule has 25 heavy (non-hydrogen) atoms. The van der Waals surface area contributed by atoms with Gasteiger partial charge in [0.1, 0.15) is 24.2 Å². The Morgan fingerprint density at radius 1 is 1.08 bits per heavy atom. The first kappa shape index (κ1) is 15.5. The molecule has 3 heterocycles. The van der Waals surface area contributed by atoms with Crippen molar-refractivity contribution >= 4 is 16.6 Å². The number of nitrogens with zero attached hydrogens (tertiary/aromatic N) is 4. The lowest BCUT2D eigenvalue weighted by molar-refractivity contribution is 0.0536. The van der Waals surface area contributed by atoms with E-state index in [2.05, 4.69) is 15.2 Å². The number of pyridine rings is 2. The maximum atomic E-state index is 9.36. The molecule has 0 radical (unpaired) electrons. The van der Waals surface area contributed by atoms with Gasteiger partial charge in [0.2, 0.25) is 0 Å². The third-order valence-corrected chi connectivity index (χ3v) is 3.86. The summed E-state index contributed by atoms with van der Waals surface area (Å²) in [7, 11) is 0. The summed E-state index contributed by atoms with van der Waals surface area (Å²) in [4.78, 5) is 4.65. The van der Waals surface area contributed by atoms with Crippen molar-refractivity contribution in [3.8, 4) is 17.3 Å². The highest BCUT2D eigenvalue weighted by atomic mass is 16.5. The van der Waals surface area contributed by atoms with E-state index in [1.54, 1.807) is 6.07 Å². The first-order valence-corrected chi connectivity index (χ1v) is 7.87. The van der Waals surface area contributed by atoms with Crippen LogP contribution >= 0.6 is 0 Å². The Bertz CT molecular complexity index is 1030. The van der Waals surface area contributed by atoms with Crippen molar-refractivity contribution in [1.29, 1.82) is 0 Å². The van der Waals surface area contributed by atoms with Gasteiger partial charge in [0.15, 0.2) is 11.5 Å². The average Bonchev–Trinajstić information content (AvgIpc) is 3.09. The Labute approximate surface area is 143 Å². The number of fused-ring (bicyclic) bond motifs is 2. The van der Waals surface area contributed by atoms with Gasteiger partial charge < -0.3 is 14.9 Å². The van der Waals surface area contributed by atoms with Gasteiger partial charge in [-0.3, -0.25) is 4.40 Å². The smallest absolute Gasteiger partial charge is 0.187 e. The highest BCUT2D eigenvalue weighted by Crippen LogP contribution is 2.23. The van der Waals surface area contributed by atoms with Crippen molar-refractivity contribution in [2.24, 2.45) is 0 Å². The Balaban J connectivity index is 1.67. The van der Waals surface area contributed by atoms with E-state index in [0.29, 0.717) is 11.6 Å². The maximum Gasteiger partial charge on any atom is 0.187 e. The number of benzene rings is 1. The topological polar surface area (TPSA) is 92.8 Å². The lowest BCUT2D eigenvalue weighted by atomic mass is 10.2. The van der Waals surface area contributed by atoms with Crippen LogP contribution in [0.5, 0.6) is 5.75 Å². The van der Waals surface area contributed by atoms with Crippen molar-refractivity contribution in [3.63, 3.8) is 0 Å². The van der Waals surface area contributed by atoms with E-state index >= 15 is 0 Å². The zero-order chi connectivity index (χ0) is 17.2. The molecule has 2 N–H and O–H groups in total. The highest BCUT2D eigenvalue weighted by Gasteiger charge is 2.10. The zero-order valence-corrected chi connectivity index (χ0v) is 13.3. The number of hydrogen-bond acceptors (Lipinski definition) is 6. The molecule has 0 amide bonds. The molecular weight excluding hydrogens is 320 g/mol. The van der Waals surface area contributed by atoms with Crippen LogP contribution in [0.4, 0.5) is 0 Å². The van der Waals surface area contributed by atoms with Gasteiger partial charge in [-0.2, -0.15) is 0 Å². The normalized spacial score (nSPS) is 12.6. The fourth-order valence-electron chi connectivity index (χ4n) is 2.58. The number of aromatic nitrogens is 4. The fraction of sp³-hybridized carbons (Fsp3) is 0.167. The van der Waals surface area contributed by atoms with Crippen molar-refractivity contribution in [2.45, 2.75) is 6.10 Å². The standard InChI is InChI=1S/C18H16N4O3/c23-10-13(24)11-25-14-5-7-15-12(9-14)4-6-16(19-15)18-21-20-17-3-1-2-8-22(17)18/h1-9,13,23-24H,10-11H2. The van der Waals surface area contributed by atoms with Crippen molar-refractivity contribution in [3.05, 3.63) is 54.7 Å². The van der Waals surface area contributed by atoms with Gasteiger partial charge in [-0.1, -0.05) is 12.1 Å².